The first-order valence-corrected chi connectivity index (χ1v) is 14.4. The van der Waals surface area contributed by atoms with E-state index in [1.54, 1.807) is 10.6 Å². The van der Waals surface area contributed by atoms with Gasteiger partial charge in [0.2, 0.25) is 0 Å². The van der Waals surface area contributed by atoms with Crippen LogP contribution in [0.2, 0.25) is 0 Å². The first kappa shape index (κ1) is 22.0. The van der Waals surface area contributed by atoms with Crippen molar-refractivity contribution in [3.63, 3.8) is 0 Å². The SMILES string of the molecule is CC(C)(CCC1OCCCO1)C1CCC([PH](C)(c2ccccc2)c2ccccc2)C1. The van der Waals surface area contributed by atoms with Gasteiger partial charge in [-0.25, -0.2) is 0 Å². The molecule has 2 aromatic rings. The van der Waals surface area contributed by atoms with Crippen molar-refractivity contribution in [2.75, 3.05) is 19.9 Å². The van der Waals surface area contributed by atoms with E-state index < -0.39 is 7.26 Å². The number of ether oxygens (including phenoxy) is 2. The van der Waals surface area contributed by atoms with E-state index in [1.165, 1.54) is 25.7 Å². The maximum absolute atomic E-state index is 5.81. The molecule has 2 aromatic carbocycles. The molecule has 2 nitrogen and oxygen atoms in total. The molecule has 3 heteroatoms. The standard InChI is InChI=1S/C27H39O2P/c1-27(2,18-17-26-28-19-10-20-29-26)22-15-16-25(21-22)30(3,23-11-6-4-7-12-23)24-13-8-5-9-14-24/h4-9,11-14,22,25-26,30H,10,15-21H2,1-3H3. The van der Waals surface area contributed by atoms with Crippen LogP contribution in [0, 0.1) is 11.3 Å². The van der Waals surface area contributed by atoms with E-state index in [0.29, 0.717) is 5.41 Å². The van der Waals surface area contributed by atoms with Gasteiger partial charge in [0.05, 0.1) is 0 Å². The van der Waals surface area contributed by atoms with Gasteiger partial charge in [0, 0.05) is 0 Å². The summed E-state index contributed by atoms with van der Waals surface area (Å²) >= 11 is 0. The Morgan fingerprint density at radius 1 is 0.867 bits per heavy atom. The van der Waals surface area contributed by atoms with Crippen LogP contribution in [0.5, 0.6) is 0 Å². The first-order chi connectivity index (χ1) is 14.5. The number of benzene rings is 2. The summed E-state index contributed by atoms with van der Waals surface area (Å²) in [7, 11) is -1.79. The molecule has 0 aromatic heterocycles. The van der Waals surface area contributed by atoms with Gasteiger partial charge in [0.15, 0.2) is 0 Å². The number of hydrogen-bond acceptors (Lipinski definition) is 2. The van der Waals surface area contributed by atoms with Gasteiger partial charge in [0.25, 0.3) is 0 Å². The Bertz CT molecular complexity index is 744. The zero-order valence-corrected chi connectivity index (χ0v) is 20.0. The average Bonchev–Trinajstić information content (AvgIpc) is 3.31. The third-order valence-electron chi connectivity index (χ3n) is 8.02. The second-order valence-corrected chi connectivity index (χ2v) is 14.6. The van der Waals surface area contributed by atoms with Crippen molar-refractivity contribution >= 4 is 17.9 Å². The molecule has 1 aliphatic carbocycles. The van der Waals surface area contributed by atoms with Crippen LogP contribution in [-0.4, -0.2) is 31.8 Å². The van der Waals surface area contributed by atoms with Crippen molar-refractivity contribution in [1.29, 1.82) is 0 Å². The monoisotopic (exact) mass is 426 g/mol. The molecule has 164 valence electrons. The summed E-state index contributed by atoms with van der Waals surface area (Å²) in [6, 6.07) is 22.7. The van der Waals surface area contributed by atoms with Crippen LogP contribution < -0.4 is 10.6 Å². The Labute approximate surface area is 183 Å². The molecule has 1 aliphatic heterocycles. The van der Waals surface area contributed by atoms with Gasteiger partial charge in [-0.15, -0.1) is 0 Å². The van der Waals surface area contributed by atoms with Gasteiger partial charge in [-0.2, -0.15) is 0 Å². The summed E-state index contributed by atoms with van der Waals surface area (Å²) in [5.74, 6) is 0.783. The molecule has 0 amide bonds. The van der Waals surface area contributed by atoms with Crippen LogP contribution in [0.3, 0.4) is 0 Å². The number of rotatable bonds is 7. The van der Waals surface area contributed by atoms with Gasteiger partial charge in [0.1, 0.15) is 0 Å². The zero-order chi connectivity index (χ0) is 21.0. The second-order valence-electron chi connectivity index (χ2n) is 10.2. The van der Waals surface area contributed by atoms with Crippen LogP contribution in [-0.2, 0) is 9.47 Å². The molecule has 2 fully saturated rings. The molecule has 2 unspecified atom stereocenters. The Morgan fingerprint density at radius 2 is 1.43 bits per heavy atom. The predicted molar refractivity (Wildman–Crippen MR) is 131 cm³/mol. The van der Waals surface area contributed by atoms with Crippen LogP contribution in [0.4, 0.5) is 0 Å². The van der Waals surface area contributed by atoms with Crippen LogP contribution in [0.15, 0.2) is 60.7 Å². The van der Waals surface area contributed by atoms with Gasteiger partial charge in [-0.1, -0.05) is 0 Å². The summed E-state index contributed by atoms with van der Waals surface area (Å²) in [6.07, 6.45) is 7.33. The van der Waals surface area contributed by atoms with E-state index in [2.05, 4.69) is 81.2 Å². The second kappa shape index (κ2) is 9.51. The first-order valence-electron chi connectivity index (χ1n) is 11.8. The molecule has 2 aliphatic rings. The molecule has 0 N–H and O–H groups in total. The van der Waals surface area contributed by atoms with Gasteiger partial charge >= 0.3 is 184 Å². The molecule has 0 radical (unpaired) electrons. The Balaban J connectivity index is 1.50. The number of hydrogen-bond donors (Lipinski definition) is 0. The molecule has 1 saturated heterocycles. The van der Waals surface area contributed by atoms with Crippen LogP contribution in [0.25, 0.3) is 0 Å². The average molecular weight is 427 g/mol. The topological polar surface area (TPSA) is 18.5 Å². The van der Waals surface area contributed by atoms with Crippen molar-refractivity contribution in [2.45, 2.75) is 64.3 Å². The van der Waals surface area contributed by atoms with Crippen LogP contribution in [0.1, 0.15) is 52.4 Å². The van der Waals surface area contributed by atoms with E-state index in [1.807, 2.05) is 0 Å². The summed E-state index contributed by atoms with van der Waals surface area (Å²) in [4.78, 5) is 0. The third-order valence-corrected chi connectivity index (χ3v) is 13.2. The maximum atomic E-state index is 5.81. The molecule has 1 saturated carbocycles. The van der Waals surface area contributed by atoms with Crippen molar-refractivity contribution in [3.8, 4) is 0 Å². The Kier molecular flexibility index (Phi) is 6.98. The van der Waals surface area contributed by atoms with Crippen molar-refractivity contribution in [3.05, 3.63) is 60.7 Å². The molecule has 0 spiro atoms. The summed E-state index contributed by atoms with van der Waals surface area (Å²) in [6.45, 7) is 9.28. The molecule has 4 rings (SSSR count). The van der Waals surface area contributed by atoms with Crippen molar-refractivity contribution in [1.82, 2.24) is 0 Å². The molecule has 0 bridgehead atoms. The molecular weight excluding hydrogens is 387 g/mol. The molecule has 2 atom stereocenters. The zero-order valence-electron chi connectivity index (χ0n) is 19.0. The fourth-order valence-electron chi connectivity index (χ4n) is 5.82. The Hall–Kier alpha value is -1.21. The molecule has 1 heterocycles. The summed E-state index contributed by atoms with van der Waals surface area (Å²) in [5, 5.41) is 3.17. The fourth-order valence-corrected chi connectivity index (χ4v) is 10.4. The van der Waals surface area contributed by atoms with Crippen molar-refractivity contribution < 1.29 is 9.47 Å². The molecule has 30 heavy (non-hydrogen) atoms. The summed E-state index contributed by atoms with van der Waals surface area (Å²) in [5.41, 5.74) is 1.13. The van der Waals surface area contributed by atoms with E-state index in [-0.39, 0.29) is 6.29 Å². The Morgan fingerprint density at radius 3 is 2.00 bits per heavy atom. The van der Waals surface area contributed by atoms with E-state index in [9.17, 15) is 0 Å². The minimum absolute atomic E-state index is 0.0171. The normalized spacial score (nSPS) is 24.1. The minimum atomic E-state index is -1.79. The summed E-state index contributed by atoms with van der Waals surface area (Å²) < 4.78 is 11.6. The van der Waals surface area contributed by atoms with E-state index in [4.69, 9.17) is 9.47 Å². The fraction of sp³-hybridized carbons (Fsp3) is 0.556. The predicted octanol–water partition coefficient (Wildman–Crippen LogP) is 5.76. The third kappa shape index (κ3) is 4.67. The van der Waals surface area contributed by atoms with Crippen molar-refractivity contribution in [2.24, 2.45) is 11.3 Å². The van der Waals surface area contributed by atoms with E-state index >= 15 is 0 Å². The van der Waals surface area contributed by atoms with Gasteiger partial charge < -0.3 is 0 Å². The quantitative estimate of drug-likeness (QED) is 0.525. The van der Waals surface area contributed by atoms with Crippen LogP contribution >= 0.6 is 7.26 Å². The molecular formula is C27H39O2P. The van der Waals surface area contributed by atoms with E-state index in [0.717, 1.165) is 37.6 Å². The van der Waals surface area contributed by atoms with Gasteiger partial charge in [-0.3, -0.25) is 0 Å². The van der Waals surface area contributed by atoms with Gasteiger partial charge in [-0.05, 0) is 0 Å².